The minimum Gasteiger partial charge on any atom is -0.481 e. The number of fused-ring (bicyclic) bond motifs is 4. The Kier molecular flexibility index (Phi) is 7.64. The van der Waals surface area contributed by atoms with Crippen LogP contribution in [0.25, 0.3) is 0 Å². The van der Waals surface area contributed by atoms with E-state index in [1.807, 2.05) is 6.92 Å². The summed E-state index contributed by atoms with van der Waals surface area (Å²) in [6, 6.07) is 0. The van der Waals surface area contributed by atoms with Gasteiger partial charge in [0.25, 0.3) is 0 Å². The Labute approximate surface area is 281 Å². The second-order valence-corrected chi connectivity index (χ2v) is 18.7. The molecule has 2 aliphatic heterocycles. The van der Waals surface area contributed by atoms with Gasteiger partial charge < -0.3 is 34.4 Å². The number of ether oxygens (including phenoxy) is 3. The summed E-state index contributed by atoms with van der Waals surface area (Å²) in [5, 5.41) is 32.9. The zero-order valence-electron chi connectivity index (χ0n) is 30.3. The number of amides is 1. The lowest BCUT2D eigenvalue weighted by Gasteiger charge is -2.63. The maximum Gasteiger partial charge on any atom is 0.410 e. The molecule has 5 saturated carbocycles. The zero-order valence-corrected chi connectivity index (χ0v) is 30.3. The Morgan fingerprint density at radius 1 is 1.00 bits per heavy atom. The number of aliphatic hydroxyl groups excluding tert-OH is 1. The van der Waals surface area contributed by atoms with Crippen molar-refractivity contribution in [1.82, 2.24) is 4.90 Å². The molecule has 47 heavy (non-hydrogen) atoms. The van der Waals surface area contributed by atoms with Crippen molar-refractivity contribution in [2.24, 2.45) is 62.6 Å². The fourth-order valence-electron chi connectivity index (χ4n) is 14.4. The van der Waals surface area contributed by atoms with Crippen LogP contribution in [0.2, 0.25) is 0 Å². The van der Waals surface area contributed by atoms with E-state index in [4.69, 9.17) is 14.2 Å². The van der Waals surface area contributed by atoms with Gasteiger partial charge in [-0.25, -0.2) is 4.79 Å². The number of aliphatic carboxylic acids is 1. The highest BCUT2D eigenvalue weighted by Gasteiger charge is 2.88. The summed E-state index contributed by atoms with van der Waals surface area (Å²) in [6.07, 6.45) is 4.87. The van der Waals surface area contributed by atoms with Gasteiger partial charge in [-0.05, 0) is 112 Å². The van der Waals surface area contributed by atoms with Gasteiger partial charge >= 0.3 is 12.1 Å². The molecule has 1 amide bonds. The lowest BCUT2D eigenvalue weighted by atomic mass is 9.41. The number of hydrogen-bond acceptors (Lipinski definition) is 7. The Morgan fingerprint density at radius 2 is 1.64 bits per heavy atom. The quantitative estimate of drug-likeness (QED) is 0.330. The number of aliphatic hydroxyl groups is 2. The maximum absolute atomic E-state index is 13.1. The fraction of sp³-hybridized carbons (Fsp3) is 0.947. The van der Waals surface area contributed by atoms with Crippen LogP contribution in [-0.4, -0.2) is 88.1 Å². The predicted octanol–water partition coefficient (Wildman–Crippen LogP) is 5.74. The third-order valence-corrected chi connectivity index (χ3v) is 16.6. The second kappa shape index (κ2) is 10.6. The van der Waals surface area contributed by atoms with E-state index in [9.17, 15) is 24.9 Å². The first kappa shape index (κ1) is 34.0. The summed E-state index contributed by atoms with van der Waals surface area (Å²) >= 11 is 0. The normalized spacial score (nSPS) is 50.5. The lowest BCUT2D eigenvalue weighted by molar-refractivity contribution is -0.215. The van der Waals surface area contributed by atoms with Crippen LogP contribution in [0.4, 0.5) is 4.79 Å². The molecule has 5 aliphatic carbocycles. The summed E-state index contributed by atoms with van der Waals surface area (Å²) in [5.41, 5.74) is -1.29. The van der Waals surface area contributed by atoms with Crippen LogP contribution in [0.15, 0.2) is 0 Å². The van der Waals surface area contributed by atoms with Crippen molar-refractivity contribution in [2.75, 3.05) is 19.7 Å². The van der Waals surface area contributed by atoms with E-state index in [-0.39, 0.29) is 70.5 Å². The van der Waals surface area contributed by atoms with Crippen LogP contribution >= 0.6 is 0 Å². The molecule has 0 aromatic carbocycles. The monoisotopic (exact) mass is 659 g/mol. The zero-order chi connectivity index (χ0) is 34.3. The van der Waals surface area contributed by atoms with Gasteiger partial charge in [-0.15, -0.1) is 0 Å². The van der Waals surface area contributed by atoms with Crippen LogP contribution in [0.5, 0.6) is 0 Å². The highest BCUT2D eigenvalue weighted by atomic mass is 16.6. The molecule has 3 N–H and O–H groups in total. The minimum atomic E-state index is -1.05. The SMILES string of the molecule is CCOC(C1CC(C)C2C(O1)C(O)C1(C)C3CCC4C(C)(C)C(OC(=O)N5CC(C(=O)O)C5)CCC45C(C)C35CCC21C)C(C)(C)O. The average Bonchev–Trinajstić information content (AvgIpc) is 3.42. The summed E-state index contributed by atoms with van der Waals surface area (Å²) in [6.45, 7) is 20.8. The molecule has 7 fully saturated rings. The standard InChI is InChI=1S/C38H61NO8/c1-10-45-30(34(6,7)44)23-17-20(2)27-28(46-23)29(40)36(9)25-12-11-24-33(4,5)26(47-32(43)39-18-22(19-39)31(41)42)13-14-37(24)21(3)38(25,37)16-15-35(27,36)8/h20-30,40,44H,10-19H2,1-9H3,(H,41,42). The summed E-state index contributed by atoms with van der Waals surface area (Å²) in [5.74, 6) is 0.577. The molecule has 0 radical (unpaired) electrons. The third-order valence-electron chi connectivity index (χ3n) is 16.6. The molecule has 9 nitrogen and oxygen atoms in total. The highest BCUT2D eigenvalue weighted by molar-refractivity contribution is 5.76. The maximum atomic E-state index is 13.1. The summed E-state index contributed by atoms with van der Waals surface area (Å²) in [7, 11) is 0. The van der Waals surface area contributed by atoms with Crippen LogP contribution in [0, 0.1) is 62.6 Å². The highest BCUT2D eigenvalue weighted by Crippen LogP contribution is 2.91. The fourth-order valence-corrected chi connectivity index (χ4v) is 14.4. The molecule has 7 rings (SSSR count). The summed E-state index contributed by atoms with van der Waals surface area (Å²) in [4.78, 5) is 25.9. The topological polar surface area (TPSA) is 126 Å². The van der Waals surface area contributed by atoms with Crippen molar-refractivity contribution in [2.45, 2.75) is 143 Å². The largest absolute Gasteiger partial charge is 0.481 e. The van der Waals surface area contributed by atoms with Crippen LogP contribution in [0.3, 0.4) is 0 Å². The van der Waals surface area contributed by atoms with E-state index >= 15 is 0 Å². The van der Waals surface area contributed by atoms with Gasteiger partial charge in [0, 0.05) is 30.5 Å². The van der Waals surface area contributed by atoms with Gasteiger partial charge in [-0.1, -0.05) is 41.5 Å². The number of carbonyl (C=O) groups is 2. The van der Waals surface area contributed by atoms with Crippen molar-refractivity contribution in [3.05, 3.63) is 0 Å². The Balaban J connectivity index is 1.15. The number of likely N-dealkylation sites (tertiary alicyclic amines) is 1. The molecular weight excluding hydrogens is 598 g/mol. The molecule has 266 valence electrons. The van der Waals surface area contributed by atoms with Crippen LogP contribution in [0.1, 0.15) is 107 Å². The number of rotatable bonds is 6. The number of carbonyl (C=O) groups excluding carboxylic acids is 1. The Hall–Kier alpha value is -1.42. The molecule has 0 aromatic rings. The van der Waals surface area contributed by atoms with Crippen molar-refractivity contribution >= 4 is 12.1 Å². The molecule has 7 aliphatic rings. The van der Waals surface area contributed by atoms with Crippen molar-refractivity contribution < 1.29 is 39.1 Å². The first-order chi connectivity index (χ1) is 21.8. The van der Waals surface area contributed by atoms with Gasteiger partial charge in [0.2, 0.25) is 0 Å². The smallest absolute Gasteiger partial charge is 0.410 e. The molecule has 2 spiro atoms. The first-order valence-electron chi connectivity index (χ1n) is 18.7. The van der Waals surface area contributed by atoms with E-state index in [0.29, 0.717) is 30.3 Å². The molecular formula is C38H61NO8. The van der Waals surface area contributed by atoms with Gasteiger partial charge in [-0.3, -0.25) is 4.79 Å². The molecule has 0 aromatic heterocycles. The van der Waals surface area contributed by atoms with E-state index in [1.165, 1.54) is 11.3 Å². The molecule has 2 saturated heterocycles. The Bertz CT molecular complexity index is 1290. The molecule has 14 unspecified atom stereocenters. The van der Waals surface area contributed by atoms with Gasteiger partial charge in [0.15, 0.2) is 0 Å². The van der Waals surface area contributed by atoms with E-state index in [1.54, 1.807) is 13.8 Å². The third kappa shape index (κ3) is 4.15. The predicted molar refractivity (Wildman–Crippen MR) is 175 cm³/mol. The van der Waals surface area contributed by atoms with Gasteiger partial charge in [-0.2, -0.15) is 0 Å². The number of hydrogen-bond donors (Lipinski definition) is 3. The Morgan fingerprint density at radius 3 is 2.26 bits per heavy atom. The average molecular weight is 660 g/mol. The molecule has 14 atom stereocenters. The second-order valence-electron chi connectivity index (χ2n) is 18.7. The van der Waals surface area contributed by atoms with Crippen molar-refractivity contribution in [3.8, 4) is 0 Å². The number of nitrogens with zero attached hydrogens (tertiary/aromatic N) is 1. The number of carboxylic acid groups (broad SMARTS) is 1. The molecule has 0 bridgehead atoms. The minimum absolute atomic E-state index is 0.0587. The van der Waals surface area contributed by atoms with E-state index in [0.717, 1.165) is 38.5 Å². The van der Waals surface area contributed by atoms with E-state index in [2.05, 4.69) is 41.5 Å². The van der Waals surface area contributed by atoms with Crippen LogP contribution in [-0.2, 0) is 19.0 Å². The van der Waals surface area contributed by atoms with Crippen molar-refractivity contribution in [1.29, 1.82) is 0 Å². The summed E-state index contributed by atoms with van der Waals surface area (Å²) < 4.78 is 19.2. The van der Waals surface area contributed by atoms with Gasteiger partial charge in [0.1, 0.15) is 12.2 Å². The van der Waals surface area contributed by atoms with Crippen molar-refractivity contribution in [3.63, 3.8) is 0 Å². The molecule has 2 heterocycles. The van der Waals surface area contributed by atoms with Crippen LogP contribution < -0.4 is 0 Å². The first-order valence-corrected chi connectivity index (χ1v) is 18.7. The van der Waals surface area contributed by atoms with E-state index < -0.39 is 29.7 Å². The number of carboxylic acids is 1. The van der Waals surface area contributed by atoms with Gasteiger partial charge in [0.05, 0.1) is 29.8 Å². The molecule has 9 heteroatoms. The lowest BCUT2D eigenvalue weighted by Crippen LogP contribution is -2.60.